The van der Waals surface area contributed by atoms with Crippen molar-refractivity contribution in [3.8, 4) is 0 Å². The van der Waals surface area contributed by atoms with Crippen LogP contribution in [-0.2, 0) is 5.92 Å². The van der Waals surface area contributed by atoms with E-state index in [0.29, 0.717) is 29.7 Å². The standard InChI is InChI=1S/C19H19F5N4OS/c20-18(21,19(22,23)24)15-8-7-14(16(27-15)28-9-2-1-3-10-28)17(29)26-12-5-4-6-13(11-12)30-25/h4-8,11H,1-3,9-10,25H2,(H,26,29). The number of anilines is 2. The van der Waals surface area contributed by atoms with E-state index in [-0.39, 0.29) is 11.4 Å². The molecule has 162 valence electrons. The summed E-state index contributed by atoms with van der Waals surface area (Å²) in [6.45, 7) is 0.821. The lowest BCUT2D eigenvalue weighted by Gasteiger charge is -2.30. The summed E-state index contributed by atoms with van der Waals surface area (Å²) in [5, 5.41) is 8.12. The van der Waals surface area contributed by atoms with Crippen molar-refractivity contribution >= 4 is 29.4 Å². The number of halogens is 5. The summed E-state index contributed by atoms with van der Waals surface area (Å²) in [6.07, 6.45) is -3.44. The molecule has 11 heteroatoms. The summed E-state index contributed by atoms with van der Waals surface area (Å²) in [5.74, 6) is -5.97. The molecule has 1 fully saturated rings. The smallest absolute Gasteiger partial charge is 0.356 e. The monoisotopic (exact) mass is 446 g/mol. The van der Waals surface area contributed by atoms with Gasteiger partial charge in [0.25, 0.3) is 5.91 Å². The van der Waals surface area contributed by atoms with Crippen LogP contribution in [0.1, 0.15) is 35.3 Å². The lowest BCUT2D eigenvalue weighted by Crippen LogP contribution is -2.37. The average molecular weight is 446 g/mol. The molecule has 1 saturated heterocycles. The number of nitrogens with one attached hydrogen (secondary N) is 1. The number of pyridine rings is 1. The van der Waals surface area contributed by atoms with E-state index < -0.39 is 23.7 Å². The second-order valence-electron chi connectivity index (χ2n) is 6.79. The van der Waals surface area contributed by atoms with Crippen LogP contribution in [0.4, 0.5) is 33.5 Å². The zero-order valence-corrected chi connectivity index (χ0v) is 16.5. The number of alkyl halides is 5. The van der Waals surface area contributed by atoms with E-state index in [1.54, 1.807) is 29.2 Å². The van der Waals surface area contributed by atoms with E-state index in [9.17, 15) is 26.7 Å². The van der Waals surface area contributed by atoms with E-state index in [1.165, 1.54) is 0 Å². The van der Waals surface area contributed by atoms with Crippen LogP contribution >= 0.6 is 11.9 Å². The van der Waals surface area contributed by atoms with Crippen molar-refractivity contribution in [2.75, 3.05) is 23.3 Å². The van der Waals surface area contributed by atoms with Crippen molar-refractivity contribution < 1.29 is 26.7 Å². The normalized spacial score (nSPS) is 15.2. The molecule has 0 unspecified atom stereocenters. The number of amides is 1. The highest BCUT2D eigenvalue weighted by molar-refractivity contribution is 7.97. The van der Waals surface area contributed by atoms with Crippen LogP contribution in [0.3, 0.4) is 0 Å². The molecule has 0 radical (unpaired) electrons. The van der Waals surface area contributed by atoms with Crippen molar-refractivity contribution in [1.82, 2.24) is 4.98 Å². The molecule has 1 aromatic heterocycles. The SMILES string of the molecule is NSc1cccc(NC(=O)c2ccc(C(F)(F)C(F)(F)F)nc2N2CCCCC2)c1. The molecule has 1 amide bonds. The topological polar surface area (TPSA) is 71.2 Å². The van der Waals surface area contributed by atoms with Crippen LogP contribution in [0.25, 0.3) is 0 Å². The Balaban J connectivity index is 1.99. The van der Waals surface area contributed by atoms with Gasteiger partial charge in [0.2, 0.25) is 0 Å². The minimum atomic E-state index is -5.79. The number of carbonyl (C=O) groups is 1. The molecule has 0 bridgehead atoms. The molecular weight excluding hydrogens is 427 g/mol. The molecule has 3 N–H and O–H groups in total. The number of aromatic nitrogens is 1. The first kappa shape index (κ1) is 22.3. The van der Waals surface area contributed by atoms with Crippen LogP contribution in [-0.4, -0.2) is 30.2 Å². The largest absolute Gasteiger partial charge is 0.459 e. The van der Waals surface area contributed by atoms with Gasteiger partial charge in [-0.3, -0.25) is 9.93 Å². The second kappa shape index (κ2) is 8.76. The highest BCUT2D eigenvalue weighted by Gasteiger charge is 2.60. The number of nitrogens with zero attached hydrogens (tertiary/aromatic N) is 2. The van der Waals surface area contributed by atoms with Gasteiger partial charge in [-0.25, -0.2) is 4.98 Å². The summed E-state index contributed by atoms with van der Waals surface area (Å²) in [4.78, 5) is 18.7. The number of hydrogen-bond donors (Lipinski definition) is 2. The Bertz CT molecular complexity index is 916. The number of rotatable bonds is 5. The van der Waals surface area contributed by atoms with Crippen molar-refractivity contribution in [2.45, 2.75) is 36.3 Å². The second-order valence-corrected chi connectivity index (χ2v) is 7.49. The molecule has 3 rings (SSSR count). The van der Waals surface area contributed by atoms with Gasteiger partial charge in [-0.05, 0) is 61.5 Å². The summed E-state index contributed by atoms with van der Waals surface area (Å²) < 4.78 is 66.2. The number of hydrogen-bond acceptors (Lipinski definition) is 5. The number of carbonyl (C=O) groups excluding carboxylic acids is 1. The Hall–Kier alpha value is -2.40. The van der Waals surface area contributed by atoms with Gasteiger partial charge in [-0.2, -0.15) is 22.0 Å². The van der Waals surface area contributed by atoms with Gasteiger partial charge in [0.05, 0.1) is 5.56 Å². The first-order valence-corrected chi connectivity index (χ1v) is 10.0. The number of nitrogens with two attached hydrogens (primary N) is 1. The highest BCUT2D eigenvalue weighted by Crippen LogP contribution is 2.43. The summed E-state index contributed by atoms with van der Waals surface area (Å²) in [5.41, 5.74) is -1.11. The molecular formula is C19H19F5N4OS. The average Bonchev–Trinajstić information content (AvgIpc) is 2.73. The van der Waals surface area contributed by atoms with E-state index in [0.717, 1.165) is 37.3 Å². The molecule has 2 heterocycles. The predicted molar refractivity (Wildman–Crippen MR) is 105 cm³/mol. The molecule has 1 aliphatic rings. The van der Waals surface area contributed by atoms with Crippen LogP contribution in [0.5, 0.6) is 0 Å². The Labute approximate surface area is 174 Å². The highest BCUT2D eigenvalue weighted by atomic mass is 32.2. The maximum absolute atomic E-state index is 13.9. The summed E-state index contributed by atoms with van der Waals surface area (Å²) >= 11 is 0.977. The summed E-state index contributed by atoms with van der Waals surface area (Å²) in [6, 6.07) is 8.13. The Morgan fingerprint density at radius 1 is 1.07 bits per heavy atom. The van der Waals surface area contributed by atoms with Gasteiger partial charge < -0.3 is 10.2 Å². The van der Waals surface area contributed by atoms with Crippen molar-refractivity contribution in [3.63, 3.8) is 0 Å². The predicted octanol–water partition coefficient (Wildman–Crippen LogP) is 4.94. The molecule has 0 spiro atoms. The summed E-state index contributed by atoms with van der Waals surface area (Å²) in [7, 11) is 0. The van der Waals surface area contributed by atoms with Gasteiger partial charge in [0.1, 0.15) is 11.5 Å². The van der Waals surface area contributed by atoms with Crippen molar-refractivity contribution in [2.24, 2.45) is 5.14 Å². The molecule has 5 nitrogen and oxygen atoms in total. The fourth-order valence-corrected chi connectivity index (χ4v) is 3.49. The maximum atomic E-state index is 13.9. The van der Waals surface area contributed by atoms with Gasteiger partial charge in [-0.15, -0.1) is 0 Å². The van der Waals surface area contributed by atoms with E-state index in [2.05, 4.69) is 10.3 Å². The van der Waals surface area contributed by atoms with Crippen LogP contribution in [0.15, 0.2) is 41.3 Å². The first-order valence-electron chi connectivity index (χ1n) is 9.12. The minimum Gasteiger partial charge on any atom is -0.356 e. The fourth-order valence-electron chi connectivity index (χ4n) is 3.14. The zero-order valence-electron chi connectivity index (χ0n) is 15.7. The van der Waals surface area contributed by atoms with Crippen LogP contribution in [0.2, 0.25) is 0 Å². The zero-order chi connectivity index (χ0) is 21.9. The minimum absolute atomic E-state index is 0.0792. The Morgan fingerprint density at radius 2 is 1.77 bits per heavy atom. The van der Waals surface area contributed by atoms with Gasteiger partial charge in [0.15, 0.2) is 0 Å². The maximum Gasteiger partial charge on any atom is 0.459 e. The van der Waals surface area contributed by atoms with Crippen LogP contribution in [0, 0.1) is 0 Å². The molecule has 0 atom stereocenters. The molecule has 0 saturated carbocycles. The van der Waals surface area contributed by atoms with Crippen molar-refractivity contribution in [3.05, 3.63) is 47.7 Å². The Kier molecular flexibility index (Phi) is 6.51. The first-order chi connectivity index (χ1) is 14.1. The van der Waals surface area contributed by atoms with E-state index in [1.807, 2.05) is 0 Å². The number of benzene rings is 1. The van der Waals surface area contributed by atoms with Gasteiger partial charge >= 0.3 is 12.1 Å². The van der Waals surface area contributed by atoms with E-state index in [4.69, 9.17) is 5.14 Å². The lowest BCUT2D eigenvalue weighted by molar-refractivity contribution is -0.290. The Morgan fingerprint density at radius 3 is 2.40 bits per heavy atom. The van der Waals surface area contributed by atoms with Gasteiger partial charge in [-0.1, -0.05) is 6.07 Å². The number of piperidine rings is 1. The quantitative estimate of drug-likeness (QED) is 0.503. The third-order valence-corrected chi connectivity index (χ3v) is 5.21. The van der Waals surface area contributed by atoms with Crippen molar-refractivity contribution in [1.29, 1.82) is 0 Å². The third kappa shape index (κ3) is 4.67. The van der Waals surface area contributed by atoms with Gasteiger partial charge in [0, 0.05) is 23.7 Å². The van der Waals surface area contributed by atoms with Crippen LogP contribution < -0.4 is 15.4 Å². The molecule has 2 aromatic rings. The third-order valence-electron chi connectivity index (χ3n) is 4.68. The van der Waals surface area contributed by atoms with E-state index >= 15 is 0 Å². The molecule has 30 heavy (non-hydrogen) atoms. The molecule has 1 aliphatic heterocycles. The fraction of sp³-hybridized carbons (Fsp3) is 0.368. The lowest BCUT2D eigenvalue weighted by atomic mass is 10.1. The molecule has 1 aromatic carbocycles. The molecule has 0 aliphatic carbocycles.